The summed E-state index contributed by atoms with van der Waals surface area (Å²) in [5, 5.41) is 21.2. The minimum absolute atomic E-state index is 0.0133. The molecule has 1 aliphatic carbocycles. The number of carbonyl (C=O) groups is 2. The molecule has 0 saturated heterocycles. The van der Waals surface area contributed by atoms with Crippen LogP contribution in [-0.4, -0.2) is 32.9 Å². The molecule has 34 heavy (non-hydrogen) atoms. The fourth-order valence-corrected chi connectivity index (χ4v) is 4.81. The molecule has 2 amide bonds. The lowest BCUT2D eigenvalue weighted by atomic mass is 10.0. The van der Waals surface area contributed by atoms with E-state index in [1.54, 1.807) is 30.3 Å². The number of aromatic hydroxyl groups is 1. The fraction of sp³-hybridized carbons (Fsp3) is 0.320. The van der Waals surface area contributed by atoms with Crippen LogP contribution < -0.4 is 10.6 Å². The number of phenols is 1. The SMILES string of the molecule is CC(C)NC(=O)n1nc(-c2cc(NC(=O)c3c(Cl)cccc3Cl)ccc2O)cc1C1CCCC1. The molecule has 1 heterocycles. The first-order valence-electron chi connectivity index (χ1n) is 11.2. The Labute approximate surface area is 208 Å². The van der Waals surface area contributed by atoms with Crippen LogP contribution in [-0.2, 0) is 0 Å². The summed E-state index contributed by atoms with van der Waals surface area (Å²) >= 11 is 12.3. The zero-order chi connectivity index (χ0) is 24.4. The van der Waals surface area contributed by atoms with Crippen molar-refractivity contribution >= 4 is 40.8 Å². The number of amides is 2. The average Bonchev–Trinajstić information content (AvgIpc) is 3.44. The Balaban J connectivity index is 1.68. The Bertz CT molecular complexity index is 1210. The number of carbonyl (C=O) groups excluding carboxylic acids is 2. The zero-order valence-corrected chi connectivity index (χ0v) is 20.5. The highest BCUT2D eigenvalue weighted by Gasteiger charge is 2.26. The normalized spacial score (nSPS) is 13.9. The molecule has 0 spiro atoms. The third-order valence-corrected chi connectivity index (χ3v) is 6.47. The molecular formula is C25H26Cl2N4O3. The van der Waals surface area contributed by atoms with E-state index >= 15 is 0 Å². The lowest BCUT2D eigenvalue weighted by Gasteiger charge is -2.13. The number of phenolic OH excluding ortho intramolecular Hbond substituents is 1. The van der Waals surface area contributed by atoms with Gasteiger partial charge in [0.05, 0.1) is 27.0 Å². The molecule has 3 aromatic rings. The van der Waals surface area contributed by atoms with Gasteiger partial charge in [0.15, 0.2) is 0 Å². The second-order valence-electron chi connectivity index (χ2n) is 8.73. The van der Waals surface area contributed by atoms with Gasteiger partial charge in [-0.05, 0) is 63.1 Å². The van der Waals surface area contributed by atoms with Crippen molar-refractivity contribution in [3.63, 3.8) is 0 Å². The molecule has 0 aliphatic heterocycles. The molecular weight excluding hydrogens is 475 g/mol. The van der Waals surface area contributed by atoms with Crippen molar-refractivity contribution in [3.05, 3.63) is 63.8 Å². The molecule has 0 unspecified atom stereocenters. The van der Waals surface area contributed by atoms with Crippen LogP contribution in [0.5, 0.6) is 5.75 Å². The van der Waals surface area contributed by atoms with Crippen molar-refractivity contribution in [3.8, 4) is 17.0 Å². The van der Waals surface area contributed by atoms with E-state index in [1.165, 1.54) is 10.7 Å². The van der Waals surface area contributed by atoms with E-state index in [2.05, 4.69) is 15.7 Å². The summed E-state index contributed by atoms with van der Waals surface area (Å²) in [5.74, 6) is -0.257. The van der Waals surface area contributed by atoms with E-state index in [0.29, 0.717) is 16.9 Å². The number of rotatable bonds is 5. The molecule has 2 aromatic carbocycles. The molecule has 1 fully saturated rings. The first-order valence-corrected chi connectivity index (χ1v) is 12.0. The molecule has 3 N–H and O–H groups in total. The maximum atomic E-state index is 12.8. The molecule has 7 nitrogen and oxygen atoms in total. The molecule has 1 saturated carbocycles. The van der Waals surface area contributed by atoms with Gasteiger partial charge in [0.2, 0.25) is 0 Å². The smallest absolute Gasteiger partial charge is 0.342 e. The van der Waals surface area contributed by atoms with Gasteiger partial charge in [-0.25, -0.2) is 4.79 Å². The van der Waals surface area contributed by atoms with Crippen molar-refractivity contribution in [1.82, 2.24) is 15.1 Å². The zero-order valence-electron chi connectivity index (χ0n) is 18.9. The van der Waals surface area contributed by atoms with E-state index in [4.69, 9.17) is 23.2 Å². The Morgan fingerprint density at radius 1 is 1.09 bits per heavy atom. The van der Waals surface area contributed by atoms with Crippen molar-refractivity contribution < 1.29 is 14.7 Å². The Morgan fingerprint density at radius 3 is 2.41 bits per heavy atom. The topological polar surface area (TPSA) is 96.3 Å². The molecule has 1 aromatic heterocycles. The van der Waals surface area contributed by atoms with Gasteiger partial charge in [-0.3, -0.25) is 4.79 Å². The molecule has 1 aliphatic rings. The van der Waals surface area contributed by atoms with Crippen LogP contribution in [0.3, 0.4) is 0 Å². The molecule has 9 heteroatoms. The van der Waals surface area contributed by atoms with Crippen molar-refractivity contribution in [2.45, 2.75) is 51.5 Å². The van der Waals surface area contributed by atoms with Gasteiger partial charge in [-0.2, -0.15) is 9.78 Å². The minimum atomic E-state index is -0.472. The lowest BCUT2D eigenvalue weighted by Crippen LogP contribution is -2.35. The summed E-state index contributed by atoms with van der Waals surface area (Å²) in [5.41, 5.74) is 2.27. The Hall–Kier alpha value is -3.03. The third-order valence-electron chi connectivity index (χ3n) is 5.84. The minimum Gasteiger partial charge on any atom is -0.507 e. The molecule has 178 valence electrons. The number of nitrogens with one attached hydrogen (secondary N) is 2. The predicted molar refractivity (Wildman–Crippen MR) is 134 cm³/mol. The van der Waals surface area contributed by atoms with Gasteiger partial charge in [-0.1, -0.05) is 42.1 Å². The van der Waals surface area contributed by atoms with Crippen LogP contribution in [0.4, 0.5) is 10.5 Å². The van der Waals surface area contributed by atoms with Crippen molar-refractivity contribution in [2.24, 2.45) is 0 Å². The summed E-state index contributed by atoms with van der Waals surface area (Å²) in [7, 11) is 0. The quantitative estimate of drug-likeness (QED) is 0.351. The lowest BCUT2D eigenvalue weighted by molar-refractivity contribution is 0.102. The van der Waals surface area contributed by atoms with Crippen LogP contribution in [0.25, 0.3) is 11.3 Å². The predicted octanol–water partition coefficient (Wildman–Crippen LogP) is 6.44. The monoisotopic (exact) mass is 500 g/mol. The maximum Gasteiger partial charge on any atom is 0.342 e. The number of hydrogen-bond acceptors (Lipinski definition) is 4. The van der Waals surface area contributed by atoms with Crippen LogP contribution >= 0.6 is 23.2 Å². The average molecular weight is 501 g/mol. The summed E-state index contributed by atoms with van der Waals surface area (Å²) in [4.78, 5) is 25.6. The molecule has 4 rings (SSSR count). The Morgan fingerprint density at radius 2 is 1.76 bits per heavy atom. The Kier molecular flexibility index (Phi) is 7.14. The molecule has 0 bridgehead atoms. The number of anilines is 1. The number of nitrogens with zero attached hydrogens (tertiary/aromatic N) is 2. The van der Waals surface area contributed by atoms with Gasteiger partial charge in [0.25, 0.3) is 5.91 Å². The highest BCUT2D eigenvalue weighted by molar-refractivity contribution is 6.40. The highest BCUT2D eigenvalue weighted by atomic mass is 35.5. The maximum absolute atomic E-state index is 12.8. The first kappa shape index (κ1) is 24.1. The number of hydrogen-bond donors (Lipinski definition) is 3. The van der Waals surface area contributed by atoms with E-state index in [0.717, 1.165) is 31.4 Å². The van der Waals surface area contributed by atoms with Crippen LogP contribution in [0, 0.1) is 0 Å². The second-order valence-corrected chi connectivity index (χ2v) is 9.55. The first-order chi connectivity index (χ1) is 16.2. The van der Waals surface area contributed by atoms with E-state index in [9.17, 15) is 14.7 Å². The molecule has 0 atom stereocenters. The van der Waals surface area contributed by atoms with Crippen molar-refractivity contribution in [2.75, 3.05) is 5.32 Å². The van der Waals surface area contributed by atoms with Crippen LogP contribution in [0.1, 0.15) is 61.5 Å². The fourth-order valence-electron chi connectivity index (χ4n) is 4.24. The summed E-state index contributed by atoms with van der Waals surface area (Å²) in [6.07, 6.45) is 4.18. The largest absolute Gasteiger partial charge is 0.507 e. The van der Waals surface area contributed by atoms with Gasteiger partial charge in [0, 0.05) is 23.2 Å². The van der Waals surface area contributed by atoms with Gasteiger partial charge < -0.3 is 15.7 Å². The summed E-state index contributed by atoms with van der Waals surface area (Å²) in [6, 6.07) is 11.0. The van der Waals surface area contributed by atoms with Crippen LogP contribution in [0.15, 0.2) is 42.5 Å². The van der Waals surface area contributed by atoms with E-state index < -0.39 is 5.91 Å². The van der Waals surface area contributed by atoms with E-state index in [1.807, 2.05) is 19.9 Å². The van der Waals surface area contributed by atoms with Crippen molar-refractivity contribution in [1.29, 1.82) is 0 Å². The van der Waals surface area contributed by atoms with Gasteiger partial charge in [0.1, 0.15) is 5.75 Å². The summed E-state index contributed by atoms with van der Waals surface area (Å²) < 4.78 is 1.40. The van der Waals surface area contributed by atoms with Gasteiger partial charge >= 0.3 is 6.03 Å². The highest BCUT2D eigenvalue weighted by Crippen LogP contribution is 2.38. The van der Waals surface area contributed by atoms with Gasteiger partial charge in [-0.15, -0.1) is 0 Å². The van der Waals surface area contributed by atoms with E-state index in [-0.39, 0.29) is 39.3 Å². The standard InChI is InChI=1S/C25H26Cl2N4O3/c1-14(2)28-25(34)31-21(15-6-3-4-7-15)13-20(30-31)17-12-16(10-11-22(17)32)29-24(33)23-18(26)8-5-9-19(23)27/h5,8-15,32H,3-4,6-7H2,1-2H3,(H,28,34)(H,29,33). The molecule has 0 radical (unpaired) electrons. The number of halogens is 2. The number of benzene rings is 2. The third kappa shape index (κ3) is 5.05. The second kappa shape index (κ2) is 10.1. The number of aromatic nitrogens is 2. The summed E-state index contributed by atoms with van der Waals surface area (Å²) in [6.45, 7) is 3.78. The van der Waals surface area contributed by atoms with Crippen LogP contribution in [0.2, 0.25) is 10.0 Å².